The van der Waals surface area contributed by atoms with Crippen LogP contribution >= 0.6 is 0 Å². The van der Waals surface area contributed by atoms with Gasteiger partial charge in [-0.3, -0.25) is 9.89 Å². The van der Waals surface area contributed by atoms with E-state index >= 15 is 0 Å². The first kappa shape index (κ1) is 15.3. The number of carbonyl (C=O) groups is 1. The van der Waals surface area contributed by atoms with Gasteiger partial charge in [0.05, 0.1) is 29.6 Å². The van der Waals surface area contributed by atoms with E-state index in [2.05, 4.69) is 10.2 Å². The number of H-pyrrole nitrogens is 1. The third-order valence-corrected chi connectivity index (χ3v) is 5.93. The highest BCUT2D eigenvalue weighted by Crippen LogP contribution is 2.38. The van der Waals surface area contributed by atoms with Crippen LogP contribution in [0.2, 0.25) is 0 Å². The zero-order valence-corrected chi connectivity index (χ0v) is 13.4. The zero-order chi connectivity index (χ0) is 16.9. The van der Waals surface area contributed by atoms with Crippen molar-refractivity contribution in [3.05, 3.63) is 35.3 Å². The molecule has 3 heterocycles. The fraction of sp³-hybridized carbons (Fsp3) is 0.333. The van der Waals surface area contributed by atoms with Gasteiger partial charge >= 0.3 is 0 Å². The van der Waals surface area contributed by atoms with Gasteiger partial charge in [0.2, 0.25) is 0 Å². The van der Waals surface area contributed by atoms with Gasteiger partial charge in [-0.25, -0.2) is 12.8 Å². The number of aromatic nitrogens is 2. The summed E-state index contributed by atoms with van der Waals surface area (Å²) in [7, 11) is -3.73. The first-order valence-electron chi connectivity index (χ1n) is 7.44. The van der Waals surface area contributed by atoms with Gasteiger partial charge in [0.1, 0.15) is 5.82 Å². The predicted molar refractivity (Wildman–Crippen MR) is 81.6 cm³/mol. The Labute approximate surface area is 137 Å². The summed E-state index contributed by atoms with van der Waals surface area (Å²) in [6.45, 7) is 1.77. The summed E-state index contributed by atoms with van der Waals surface area (Å²) in [4.78, 5) is 14.2. The Bertz CT molecular complexity index is 932. The molecule has 0 radical (unpaired) electrons. The summed E-state index contributed by atoms with van der Waals surface area (Å²) in [5, 5.41) is 6.79. The lowest BCUT2D eigenvalue weighted by Gasteiger charge is -2.26. The molecule has 1 aromatic heterocycles. The van der Waals surface area contributed by atoms with E-state index in [1.165, 1.54) is 12.1 Å². The molecule has 24 heavy (non-hydrogen) atoms. The second-order valence-electron chi connectivity index (χ2n) is 5.73. The molecule has 0 aliphatic carbocycles. The quantitative estimate of drug-likeness (QED) is 0.827. The number of rotatable bonds is 1. The van der Waals surface area contributed by atoms with Crippen LogP contribution in [0, 0.1) is 5.82 Å². The number of morpholine rings is 1. The number of nitrogens with one attached hydrogen (secondary N) is 1. The largest absolute Gasteiger partial charge is 0.378 e. The number of nitrogens with zero attached hydrogens (tertiary/aromatic N) is 2. The van der Waals surface area contributed by atoms with Gasteiger partial charge in [-0.15, -0.1) is 0 Å². The van der Waals surface area contributed by atoms with Crippen LogP contribution in [0.1, 0.15) is 16.1 Å². The van der Waals surface area contributed by atoms with Gasteiger partial charge in [-0.2, -0.15) is 5.10 Å². The smallest absolute Gasteiger partial charge is 0.274 e. The number of carbonyl (C=O) groups excluding carboxylic acids is 1. The lowest BCUT2D eigenvalue weighted by atomic mass is 10.1. The first-order valence-corrected chi connectivity index (χ1v) is 9.09. The van der Waals surface area contributed by atoms with Crippen molar-refractivity contribution in [3.63, 3.8) is 0 Å². The standard InChI is InChI=1S/C15H14FN3O4S/c16-9-1-2-10-12(7-9)24(21,22)8-11-13(10)17-18-14(11)15(20)19-3-5-23-6-4-19/h1-2,7H,3-6,8H2,(H,17,18). The number of halogens is 1. The lowest BCUT2D eigenvalue weighted by molar-refractivity contribution is 0.0298. The van der Waals surface area contributed by atoms with Gasteiger partial charge in [0.25, 0.3) is 5.91 Å². The molecule has 0 atom stereocenters. The molecule has 2 aromatic rings. The number of ether oxygens (including phenoxy) is 1. The molecule has 2 aliphatic rings. The van der Waals surface area contributed by atoms with E-state index in [0.717, 1.165) is 6.07 Å². The van der Waals surface area contributed by atoms with Crippen LogP contribution in [-0.2, 0) is 20.3 Å². The molecule has 1 N–H and O–H groups in total. The van der Waals surface area contributed by atoms with Crippen molar-refractivity contribution in [2.45, 2.75) is 10.6 Å². The summed E-state index contributed by atoms with van der Waals surface area (Å²) in [5.41, 5.74) is 1.23. The molecule has 2 aliphatic heterocycles. The second kappa shape index (κ2) is 5.38. The van der Waals surface area contributed by atoms with Crippen molar-refractivity contribution < 1.29 is 22.3 Å². The molecule has 9 heteroatoms. The maximum atomic E-state index is 13.4. The summed E-state index contributed by atoms with van der Waals surface area (Å²) < 4.78 is 43.6. The van der Waals surface area contributed by atoms with Crippen LogP contribution in [0.15, 0.2) is 23.1 Å². The van der Waals surface area contributed by atoms with Gasteiger partial charge in [0, 0.05) is 24.2 Å². The Balaban J connectivity index is 1.81. The molecule has 0 unspecified atom stereocenters. The first-order chi connectivity index (χ1) is 11.5. The van der Waals surface area contributed by atoms with Crippen LogP contribution in [-0.4, -0.2) is 55.7 Å². The summed E-state index contributed by atoms with van der Waals surface area (Å²) in [5.74, 6) is -1.32. The highest BCUT2D eigenvalue weighted by molar-refractivity contribution is 7.90. The highest BCUT2D eigenvalue weighted by Gasteiger charge is 2.35. The SMILES string of the molecule is O=C(c1n[nH]c2c1CS(=O)(=O)c1cc(F)ccc1-2)N1CCOCC1. The van der Waals surface area contributed by atoms with Crippen LogP contribution in [0.4, 0.5) is 4.39 Å². The minimum Gasteiger partial charge on any atom is -0.378 e. The van der Waals surface area contributed by atoms with Gasteiger partial charge < -0.3 is 9.64 Å². The van der Waals surface area contributed by atoms with E-state index in [-0.39, 0.29) is 22.2 Å². The monoisotopic (exact) mass is 351 g/mol. The summed E-state index contributed by atoms with van der Waals surface area (Å²) >= 11 is 0. The fourth-order valence-electron chi connectivity index (χ4n) is 3.05. The van der Waals surface area contributed by atoms with Gasteiger partial charge in [0.15, 0.2) is 15.5 Å². The number of aromatic amines is 1. The normalized spacial score (nSPS) is 18.8. The van der Waals surface area contributed by atoms with E-state index in [9.17, 15) is 17.6 Å². The molecule has 1 aromatic carbocycles. The minimum atomic E-state index is -3.73. The highest BCUT2D eigenvalue weighted by atomic mass is 32.2. The maximum absolute atomic E-state index is 13.4. The Kier molecular flexibility index (Phi) is 3.43. The zero-order valence-electron chi connectivity index (χ0n) is 12.6. The number of hydrogen-bond donors (Lipinski definition) is 1. The third kappa shape index (κ3) is 2.31. The molecule has 0 spiro atoms. The average molecular weight is 351 g/mol. The van der Waals surface area contributed by atoms with Crippen molar-refractivity contribution in [3.8, 4) is 11.3 Å². The van der Waals surface area contributed by atoms with Crippen molar-refractivity contribution in [1.29, 1.82) is 0 Å². The number of hydrogen-bond acceptors (Lipinski definition) is 5. The Morgan fingerprint density at radius 3 is 2.79 bits per heavy atom. The Morgan fingerprint density at radius 2 is 2.04 bits per heavy atom. The molecule has 126 valence electrons. The van der Waals surface area contributed by atoms with Gasteiger partial charge in [-0.05, 0) is 18.2 Å². The van der Waals surface area contributed by atoms with Crippen molar-refractivity contribution in [1.82, 2.24) is 15.1 Å². The molecular weight excluding hydrogens is 337 g/mol. The lowest BCUT2D eigenvalue weighted by Crippen LogP contribution is -2.41. The Hall–Kier alpha value is -2.26. The minimum absolute atomic E-state index is 0.0796. The van der Waals surface area contributed by atoms with E-state index < -0.39 is 15.7 Å². The molecule has 0 saturated carbocycles. The molecule has 1 fully saturated rings. The average Bonchev–Trinajstić information content (AvgIpc) is 2.98. The number of benzene rings is 1. The summed E-state index contributed by atoms with van der Waals surface area (Å²) in [6, 6.07) is 3.58. The van der Waals surface area contributed by atoms with Crippen molar-refractivity contribution in [2.75, 3.05) is 26.3 Å². The second-order valence-corrected chi connectivity index (χ2v) is 7.69. The number of sulfone groups is 1. The van der Waals surface area contributed by atoms with Crippen LogP contribution < -0.4 is 0 Å². The summed E-state index contributed by atoms with van der Waals surface area (Å²) in [6.07, 6.45) is 0. The Morgan fingerprint density at radius 1 is 1.29 bits per heavy atom. The van der Waals surface area contributed by atoms with E-state index in [4.69, 9.17) is 4.74 Å². The maximum Gasteiger partial charge on any atom is 0.274 e. The predicted octanol–water partition coefficient (Wildman–Crippen LogP) is 0.976. The molecule has 0 bridgehead atoms. The van der Waals surface area contributed by atoms with Crippen LogP contribution in [0.3, 0.4) is 0 Å². The van der Waals surface area contributed by atoms with E-state index in [1.807, 2.05) is 0 Å². The van der Waals surface area contributed by atoms with E-state index in [1.54, 1.807) is 4.90 Å². The van der Waals surface area contributed by atoms with E-state index in [0.29, 0.717) is 43.1 Å². The molecule has 1 saturated heterocycles. The topological polar surface area (TPSA) is 92.4 Å². The van der Waals surface area contributed by atoms with Crippen molar-refractivity contribution >= 4 is 15.7 Å². The number of fused-ring (bicyclic) bond motifs is 3. The van der Waals surface area contributed by atoms with Gasteiger partial charge in [-0.1, -0.05) is 0 Å². The molecule has 7 nitrogen and oxygen atoms in total. The third-order valence-electron chi connectivity index (χ3n) is 4.25. The van der Waals surface area contributed by atoms with Crippen LogP contribution in [0.25, 0.3) is 11.3 Å². The van der Waals surface area contributed by atoms with Crippen molar-refractivity contribution in [2.24, 2.45) is 0 Å². The fourth-order valence-corrected chi connectivity index (χ4v) is 4.66. The number of amides is 1. The molecule has 1 amide bonds. The van der Waals surface area contributed by atoms with Crippen LogP contribution in [0.5, 0.6) is 0 Å². The molecule has 4 rings (SSSR count). The molecular formula is C15H14FN3O4S.